The molecule has 0 heterocycles. The van der Waals surface area contributed by atoms with Crippen molar-refractivity contribution in [3.05, 3.63) is 0 Å². The molecule has 0 saturated heterocycles. The Morgan fingerprint density at radius 3 is 2.25 bits per heavy atom. The van der Waals surface area contributed by atoms with Crippen molar-refractivity contribution in [2.24, 2.45) is 5.92 Å². The van der Waals surface area contributed by atoms with E-state index in [2.05, 4.69) is 6.92 Å². The average molecular weight is 250 g/mol. The lowest BCUT2D eigenvalue weighted by Crippen LogP contribution is -2.16. The molecular weight excluding hydrogens is 227 g/mol. The fraction of sp³-hybridized carbons (Fsp3) is 0.909. The van der Waals surface area contributed by atoms with E-state index in [1.54, 1.807) is 0 Å². The summed E-state index contributed by atoms with van der Waals surface area (Å²) in [7, 11) is -0.570. The van der Waals surface area contributed by atoms with Gasteiger partial charge in [0, 0.05) is 20.1 Å². The largest absolute Gasteiger partial charge is 0.337 e. The minimum atomic E-state index is -3.18. The molecule has 0 aromatic carbocycles. The summed E-state index contributed by atoms with van der Waals surface area (Å²) < 4.78 is 21.2. The van der Waals surface area contributed by atoms with Crippen molar-refractivity contribution in [1.82, 2.24) is 0 Å². The third-order valence-corrected chi connectivity index (χ3v) is 4.51. The zero-order chi connectivity index (χ0) is 12.6. The molecule has 0 rings (SSSR count). The SMILES string of the molecule is CCCCCC(C)C(=O)CP(=O)(OC)OC. The van der Waals surface area contributed by atoms with E-state index in [1.807, 2.05) is 6.92 Å². The smallest absolute Gasteiger partial charge is 0.312 e. The summed E-state index contributed by atoms with van der Waals surface area (Å²) in [6, 6.07) is 0. The van der Waals surface area contributed by atoms with Gasteiger partial charge >= 0.3 is 7.60 Å². The first kappa shape index (κ1) is 15.8. The summed E-state index contributed by atoms with van der Waals surface area (Å²) in [5.74, 6) is -0.103. The highest BCUT2D eigenvalue weighted by molar-refractivity contribution is 7.54. The Morgan fingerprint density at radius 2 is 1.81 bits per heavy atom. The van der Waals surface area contributed by atoms with Crippen LogP contribution in [0, 0.1) is 5.92 Å². The number of hydrogen-bond donors (Lipinski definition) is 0. The number of rotatable bonds is 9. The van der Waals surface area contributed by atoms with E-state index in [4.69, 9.17) is 9.05 Å². The van der Waals surface area contributed by atoms with Gasteiger partial charge in [-0.25, -0.2) is 0 Å². The molecule has 0 amide bonds. The Hall–Kier alpha value is -0.180. The Bertz CT molecular complexity index is 244. The monoisotopic (exact) mass is 250 g/mol. The van der Waals surface area contributed by atoms with Crippen LogP contribution in [0.25, 0.3) is 0 Å². The van der Waals surface area contributed by atoms with Crippen LogP contribution in [0.5, 0.6) is 0 Å². The lowest BCUT2D eigenvalue weighted by atomic mass is 10.00. The summed E-state index contributed by atoms with van der Waals surface area (Å²) in [6.07, 6.45) is 4.03. The maximum atomic E-state index is 11.7. The highest BCUT2D eigenvalue weighted by Crippen LogP contribution is 2.46. The van der Waals surface area contributed by atoms with Crippen LogP contribution in [0.15, 0.2) is 0 Å². The third-order valence-electron chi connectivity index (χ3n) is 2.70. The minimum absolute atomic E-state index is 0.0388. The summed E-state index contributed by atoms with van der Waals surface area (Å²) >= 11 is 0. The van der Waals surface area contributed by atoms with Crippen LogP contribution in [0.1, 0.15) is 39.5 Å². The molecule has 0 aliphatic rings. The quantitative estimate of drug-likeness (QED) is 0.465. The molecule has 0 saturated carbocycles. The Kier molecular flexibility index (Phi) is 7.90. The number of unbranched alkanes of at least 4 members (excludes halogenated alkanes) is 2. The van der Waals surface area contributed by atoms with E-state index in [0.717, 1.165) is 25.7 Å². The van der Waals surface area contributed by atoms with Crippen LogP contribution >= 0.6 is 7.60 Å². The number of Topliss-reactive ketones (excluding diaryl/α,β-unsaturated/α-hetero) is 1. The Labute approximate surface area is 98.2 Å². The molecule has 16 heavy (non-hydrogen) atoms. The maximum absolute atomic E-state index is 11.7. The van der Waals surface area contributed by atoms with Gasteiger partial charge < -0.3 is 9.05 Å². The van der Waals surface area contributed by atoms with E-state index in [1.165, 1.54) is 14.2 Å². The molecule has 0 aliphatic heterocycles. The van der Waals surface area contributed by atoms with Gasteiger partial charge in [0.05, 0.1) is 0 Å². The zero-order valence-corrected chi connectivity index (χ0v) is 11.6. The van der Waals surface area contributed by atoms with Crippen molar-refractivity contribution in [2.45, 2.75) is 39.5 Å². The fourth-order valence-corrected chi connectivity index (χ4v) is 2.51. The predicted molar refractivity (Wildman–Crippen MR) is 64.8 cm³/mol. The molecular formula is C11H23O4P. The summed E-state index contributed by atoms with van der Waals surface area (Å²) in [4.78, 5) is 11.7. The summed E-state index contributed by atoms with van der Waals surface area (Å²) in [5.41, 5.74) is 0. The van der Waals surface area contributed by atoms with Gasteiger partial charge in [-0.2, -0.15) is 0 Å². The number of ketones is 1. The third kappa shape index (κ3) is 5.78. The van der Waals surface area contributed by atoms with E-state index in [0.29, 0.717) is 0 Å². The lowest BCUT2D eigenvalue weighted by Gasteiger charge is -2.15. The van der Waals surface area contributed by atoms with Crippen molar-refractivity contribution in [3.63, 3.8) is 0 Å². The molecule has 0 fully saturated rings. The molecule has 0 radical (unpaired) electrons. The molecule has 1 atom stereocenters. The van der Waals surface area contributed by atoms with Gasteiger partial charge in [-0.05, 0) is 6.42 Å². The van der Waals surface area contributed by atoms with Crippen LogP contribution in [-0.4, -0.2) is 26.2 Å². The van der Waals surface area contributed by atoms with Crippen LogP contribution in [0.2, 0.25) is 0 Å². The molecule has 0 aliphatic carbocycles. The maximum Gasteiger partial charge on any atom is 0.337 e. The molecule has 1 unspecified atom stereocenters. The van der Waals surface area contributed by atoms with Crippen LogP contribution in [0.4, 0.5) is 0 Å². The second-order valence-electron chi connectivity index (χ2n) is 4.00. The normalized spacial score (nSPS) is 13.8. The summed E-state index contributed by atoms with van der Waals surface area (Å²) in [5, 5.41) is 0. The van der Waals surface area contributed by atoms with Crippen molar-refractivity contribution in [2.75, 3.05) is 20.4 Å². The van der Waals surface area contributed by atoms with Crippen molar-refractivity contribution in [1.29, 1.82) is 0 Å². The molecule has 96 valence electrons. The van der Waals surface area contributed by atoms with Crippen LogP contribution < -0.4 is 0 Å². The Morgan fingerprint density at radius 1 is 1.25 bits per heavy atom. The van der Waals surface area contributed by atoms with Crippen LogP contribution in [0.3, 0.4) is 0 Å². The molecule has 5 heteroatoms. The standard InChI is InChI=1S/C11H23O4P/c1-5-6-7-8-10(2)11(12)9-16(13,14-3)15-4/h10H,5-9H2,1-4H3. The highest BCUT2D eigenvalue weighted by atomic mass is 31.2. The average Bonchev–Trinajstić information content (AvgIpc) is 2.29. The van der Waals surface area contributed by atoms with Crippen molar-refractivity contribution >= 4 is 13.4 Å². The first-order chi connectivity index (χ1) is 7.49. The lowest BCUT2D eigenvalue weighted by molar-refractivity contribution is -0.120. The van der Waals surface area contributed by atoms with Crippen molar-refractivity contribution < 1.29 is 18.4 Å². The van der Waals surface area contributed by atoms with Gasteiger partial charge in [-0.1, -0.05) is 33.1 Å². The van der Waals surface area contributed by atoms with Gasteiger partial charge in [-0.3, -0.25) is 9.36 Å². The topological polar surface area (TPSA) is 52.6 Å². The second-order valence-corrected chi connectivity index (χ2v) is 6.27. The number of carbonyl (C=O) groups is 1. The number of carbonyl (C=O) groups excluding carboxylic acids is 1. The molecule has 0 aromatic heterocycles. The Balaban J connectivity index is 4.09. The van der Waals surface area contributed by atoms with Crippen LogP contribution in [-0.2, 0) is 18.4 Å². The predicted octanol–water partition coefficient (Wildman–Crippen LogP) is 3.26. The van der Waals surface area contributed by atoms with E-state index in [9.17, 15) is 9.36 Å². The van der Waals surface area contributed by atoms with Gasteiger partial charge in [0.15, 0.2) is 0 Å². The van der Waals surface area contributed by atoms with E-state index >= 15 is 0 Å². The number of hydrogen-bond acceptors (Lipinski definition) is 4. The van der Waals surface area contributed by atoms with Gasteiger partial charge in [0.1, 0.15) is 11.9 Å². The van der Waals surface area contributed by atoms with Crippen molar-refractivity contribution in [3.8, 4) is 0 Å². The van der Waals surface area contributed by atoms with Gasteiger partial charge in [0.2, 0.25) is 0 Å². The molecule has 0 aromatic rings. The molecule has 4 nitrogen and oxygen atoms in total. The minimum Gasteiger partial charge on any atom is -0.312 e. The second kappa shape index (κ2) is 7.99. The first-order valence-corrected chi connectivity index (χ1v) is 7.45. The molecule has 0 spiro atoms. The summed E-state index contributed by atoms with van der Waals surface area (Å²) in [6.45, 7) is 3.99. The highest BCUT2D eigenvalue weighted by Gasteiger charge is 2.27. The molecule has 0 N–H and O–H groups in total. The van der Waals surface area contributed by atoms with Gasteiger partial charge in [0.25, 0.3) is 0 Å². The zero-order valence-electron chi connectivity index (χ0n) is 10.7. The van der Waals surface area contributed by atoms with E-state index in [-0.39, 0.29) is 17.9 Å². The molecule has 0 bridgehead atoms. The van der Waals surface area contributed by atoms with Gasteiger partial charge in [-0.15, -0.1) is 0 Å². The fourth-order valence-electron chi connectivity index (χ4n) is 1.41. The van der Waals surface area contributed by atoms with E-state index < -0.39 is 7.60 Å². The first-order valence-electron chi connectivity index (χ1n) is 5.72.